The lowest BCUT2D eigenvalue weighted by atomic mass is 10.1. The fourth-order valence-corrected chi connectivity index (χ4v) is 3.38. The molecule has 3 aromatic rings. The Balaban J connectivity index is 1.81. The third kappa shape index (κ3) is 4.05. The number of amides is 1. The lowest BCUT2D eigenvalue weighted by molar-refractivity contribution is -0.113. The molecular formula is C25H22FN3O2. The van der Waals surface area contributed by atoms with Gasteiger partial charge in [0.2, 0.25) is 0 Å². The van der Waals surface area contributed by atoms with Crippen molar-refractivity contribution in [1.82, 2.24) is 0 Å². The van der Waals surface area contributed by atoms with Crippen LogP contribution in [0.1, 0.15) is 11.1 Å². The molecule has 0 bridgehead atoms. The van der Waals surface area contributed by atoms with Crippen molar-refractivity contribution < 1.29 is 13.9 Å². The molecule has 0 spiro atoms. The number of hydrogen-bond donors (Lipinski definition) is 0. The highest BCUT2D eigenvalue weighted by Crippen LogP contribution is 2.31. The van der Waals surface area contributed by atoms with Gasteiger partial charge in [-0.25, -0.2) is 9.38 Å². The van der Waals surface area contributed by atoms with Crippen molar-refractivity contribution in [2.75, 3.05) is 31.0 Å². The van der Waals surface area contributed by atoms with E-state index in [-0.39, 0.29) is 11.7 Å². The van der Waals surface area contributed by atoms with E-state index in [2.05, 4.69) is 4.99 Å². The lowest BCUT2D eigenvalue weighted by Crippen LogP contribution is -2.32. The molecule has 1 heterocycles. The number of rotatable bonds is 5. The number of benzene rings is 3. The minimum Gasteiger partial charge on any atom is -0.496 e. The highest BCUT2D eigenvalue weighted by atomic mass is 19.1. The van der Waals surface area contributed by atoms with Gasteiger partial charge in [-0.05, 0) is 60.2 Å². The van der Waals surface area contributed by atoms with Crippen molar-refractivity contribution in [1.29, 1.82) is 0 Å². The molecule has 3 aromatic carbocycles. The van der Waals surface area contributed by atoms with Gasteiger partial charge >= 0.3 is 0 Å². The Kier molecular flexibility index (Phi) is 5.54. The van der Waals surface area contributed by atoms with Crippen LogP contribution in [0.4, 0.5) is 15.8 Å². The van der Waals surface area contributed by atoms with Crippen LogP contribution in [0.15, 0.2) is 83.5 Å². The summed E-state index contributed by atoms with van der Waals surface area (Å²) in [7, 11) is 5.51. The lowest BCUT2D eigenvalue weighted by Gasteiger charge is -2.19. The zero-order chi connectivity index (χ0) is 22.0. The number of hydrogen-bond acceptors (Lipinski definition) is 4. The summed E-state index contributed by atoms with van der Waals surface area (Å²) in [5.41, 5.74) is 3.42. The maximum absolute atomic E-state index is 13.5. The number of carbonyl (C=O) groups is 1. The third-order valence-corrected chi connectivity index (χ3v) is 5.01. The fourth-order valence-electron chi connectivity index (χ4n) is 3.38. The molecule has 0 aromatic heterocycles. The van der Waals surface area contributed by atoms with Crippen LogP contribution in [0.25, 0.3) is 6.08 Å². The Hall–Kier alpha value is -3.93. The number of amidine groups is 1. The summed E-state index contributed by atoms with van der Waals surface area (Å²) >= 11 is 0. The van der Waals surface area contributed by atoms with Gasteiger partial charge < -0.3 is 9.64 Å². The Labute approximate surface area is 180 Å². The summed E-state index contributed by atoms with van der Waals surface area (Å²) in [6.45, 7) is 0. The number of aliphatic imine (C=N–C) groups is 1. The summed E-state index contributed by atoms with van der Waals surface area (Å²) in [5.74, 6) is 0.370. The van der Waals surface area contributed by atoms with Crippen molar-refractivity contribution >= 4 is 29.2 Å². The highest BCUT2D eigenvalue weighted by molar-refractivity contribution is 6.33. The maximum atomic E-state index is 13.5. The van der Waals surface area contributed by atoms with Gasteiger partial charge in [-0.15, -0.1) is 0 Å². The number of anilines is 2. The molecule has 0 saturated carbocycles. The first kappa shape index (κ1) is 20.3. The van der Waals surface area contributed by atoms with Gasteiger partial charge in [-0.2, -0.15) is 0 Å². The molecule has 0 saturated heterocycles. The smallest absolute Gasteiger partial charge is 0.282 e. The van der Waals surface area contributed by atoms with Gasteiger partial charge in [0.25, 0.3) is 5.91 Å². The SMILES string of the molecule is COc1ccccc1C1=N/C(=C/c2ccc(N(C)C)cc2)C(=O)N1c1ccc(F)cc1. The molecule has 0 aliphatic carbocycles. The Morgan fingerprint density at radius 2 is 1.65 bits per heavy atom. The molecule has 1 aliphatic rings. The molecule has 0 radical (unpaired) electrons. The van der Waals surface area contributed by atoms with Crippen LogP contribution in [0.3, 0.4) is 0 Å². The van der Waals surface area contributed by atoms with Crippen LogP contribution in [0.5, 0.6) is 5.75 Å². The van der Waals surface area contributed by atoms with E-state index in [4.69, 9.17) is 4.74 Å². The van der Waals surface area contributed by atoms with Crippen molar-refractivity contribution in [3.05, 3.63) is 95.4 Å². The largest absolute Gasteiger partial charge is 0.496 e. The number of halogens is 1. The minimum absolute atomic E-state index is 0.288. The van der Waals surface area contributed by atoms with Crippen molar-refractivity contribution in [3.63, 3.8) is 0 Å². The molecule has 0 atom stereocenters. The van der Waals surface area contributed by atoms with Gasteiger partial charge in [-0.3, -0.25) is 9.69 Å². The van der Waals surface area contributed by atoms with E-state index in [1.54, 1.807) is 25.3 Å². The van der Waals surface area contributed by atoms with Gasteiger partial charge in [0, 0.05) is 19.8 Å². The van der Waals surface area contributed by atoms with E-state index in [0.29, 0.717) is 28.5 Å². The molecular weight excluding hydrogens is 393 g/mol. The first-order chi connectivity index (χ1) is 15.0. The molecule has 0 fully saturated rings. The second-order valence-electron chi connectivity index (χ2n) is 7.27. The summed E-state index contributed by atoms with van der Waals surface area (Å²) < 4.78 is 19.0. The molecule has 1 amide bonds. The van der Waals surface area contributed by atoms with E-state index in [9.17, 15) is 9.18 Å². The molecule has 4 rings (SSSR count). The van der Waals surface area contributed by atoms with E-state index in [0.717, 1.165) is 11.3 Å². The average Bonchev–Trinajstić information content (AvgIpc) is 3.10. The van der Waals surface area contributed by atoms with Crippen LogP contribution < -0.4 is 14.5 Å². The molecule has 0 unspecified atom stereocenters. The minimum atomic E-state index is -0.372. The van der Waals surface area contributed by atoms with E-state index >= 15 is 0 Å². The summed E-state index contributed by atoms with van der Waals surface area (Å²) in [4.78, 5) is 21.5. The Bertz CT molecular complexity index is 1170. The predicted octanol–water partition coefficient (Wildman–Crippen LogP) is 4.73. The molecule has 5 nitrogen and oxygen atoms in total. The quantitative estimate of drug-likeness (QED) is 0.566. The fraction of sp³-hybridized carbons (Fsp3) is 0.120. The third-order valence-electron chi connectivity index (χ3n) is 5.01. The number of carbonyl (C=O) groups excluding carboxylic acids is 1. The summed E-state index contributed by atoms with van der Waals surface area (Å²) in [6, 6.07) is 21.0. The van der Waals surface area contributed by atoms with E-state index in [1.807, 2.05) is 67.5 Å². The van der Waals surface area contributed by atoms with Crippen LogP contribution in [0, 0.1) is 5.82 Å². The van der Waals surface area contributed by atoms with Crippen molar-refractivity contribution in [3.8, 4) is 5.75 Å². The Morgan fingerprint density at radius 1 is 0.968 bits per heavy atom. The average molecular weight is 415 g/mol. The number of nitrogens with zero attached hydrogens (tertiary/aromatic N) is 3. The summed E-state index contributed by atoms with van der Waals surface area (Å²) in [6.07, 6.45) is 1.75. The molecule has 31 heavy (non-hydrogen) atoms. The number of methoxy groups -OCH3 is 1. The topological polar surface area (TPSA) is 45.1 Å². The highest BCUT2D eigenvalue weighted by Gasteiger charge is 2.33. The second-order valence-corrected chi connectivity index (χ2v) is 7.27. The predicted molar refractivity (Wildman–Crippen MR) is 122 cm³/mol. The normalized spacial score (nSPS) is 14.7. The van der Waals surface area contributed by atoms with Crippen molar-refractivity contribution in [2.24, 2.45) is 4.99 Å². The van der Waals surface area contributed by atoms with E-state index < -0.39 is 0 Å². The van der Waals surface area contributed by atoms with Crippen LogP contribution >= 0.6 is 0 Å². The Morgan fingerprint density at radius 3 is 2.29 bits per heavy atom. The molecule has 1 aliphatic heterocycles. The first-order valence-corrected chi connectivity index (χ1v) is 9.79. The maximum Gasteiger partial charge on any atom is 0.282 e. The molecule has 6 heteroatoms. The zero-order valence-electron chi connectivity index (χ0n) is 17.5. The van der Waals surface area contributed by atoms with Crippen LogP contribution in [-0.4, -0.2) is 32.9 Å². The van der Waals surface area contributed by atoms with Gasteiger partial charge in [0.05, 0.1) is 18.4 Å². The number of ether oxygens (including phenoxy) is 1. The molecule has 0 N–H and O–H groups in total. The van der Waals surface area contributed by atoms with Crippen LogP contribution in [-0.2, 0) is 4.79 Å². The van der Waals surface area contributed by atoms with Crippen LogP contribution in [0.2, 0.25) is 0 Å². The summed E-state index contributed by atoms with van der Waals surface area (Å²) in [5, 5.41) is 0. The number of para-hydroxylation sites is 1. The molecule has 156 valence electrons. The zero-order valence-corrected chi connectivity index (χ0v) is 17.5. The standard InChI is InChI=1S/C25H22FN3O2/c1-28(2)19-12-8-17(9-13-19)16-22-25(30)29(20-14-10-18(26)11-15-20)24(27-22)21-6-4-5-7-23(21)31-3/h4-16H,1-3H3/b22-16+. The second kappa shape index (κ2) is 8.44. The van der Waals surface area contributed by atoms with Gasteiger partial charge in [0.1, 0.15) is 17.3 Å². The van der Waals surface area contributed by atoms with Crippen molar-refractivity contribution in [2.45, 2.75) is 0 Å². The monoisotopic (exact) mass is 415 g/mol. The first-order valence-electron chi connectivity index (χ1n) is 9.79. The van der Waals surface area contributed by atoms with Gasteiger partial charge in [0.15, 0.2) is 5.84 Å². The van der Waals surface area contributed by atoms with E-state index in [1.165, 1.54) is 17.0 Å². The van der Waals surface area contributed by atoms with Gasteiger partial charge in [-0.1, -0.05) is 24.3 Å².